The highest BCUT2D eigenvalue weighted by molar-refractivity contribution is 7.89. The van der Waals surface area contributed by atoms with E-state index in [2.05, 4.69) is 15.2 Å². The molecule has 0 amide bonds. The van der Waals surface area contributed by atoms with Gasteiger partial charge in [-0.1, -0.05) is 36.4 Å². The summed E-state index contributed by atoms with van der Waals surface area (Å²) in [5, 5.41) is 5.84. The summed E-state index contributed by atoms with van der Waals surface area (Å²) < 4.78 is 32.8. The summed E-state index contributed by atoms with van der Waals surface area (Å²) in [6, 6.07) is 13.8. The van der Waals surface area contributed by atoms with E-state index in [4.69, 9.17) is 4.74 Å². The minimum Gasteiger partial charge on any atom is -0.462 e. The Kier molecular flexibility index (Phi) is 5.86. The molecular weight excluding hydrogens is 380 g/mol. The lowest BCUT2D eigenvalue weighted by Crippen LogP contribution is -2.33. The van der Waals surface area contributed by atoms with Crippen molar-refractivity contribution in [3.8, 4) is 0 Å². The molecule has 8 nitrogen and oxygen atoms in total. The Morgan fingerprint density at radius 3 is 2.54 bits per heavy atom. The molecule has 146 valence electrons. The maximum atomic E-state index is 13.3. The molecule has 0 spiro atoms. The molecule has 1 N–H and O–H groups in total. The van der Waals surface area contributed by atoms with Gasteiger partial charge in [0.15, 0.2) is 5.03 Å². The van der Waals surface area contributed by atoms with Crippen molar-refractivity contribution >= 4 is 16.0 Å². The van der Waals surface area contributed by atoms with E-state index in [0.29, 0.717) is 5.69 Å². The second-order valence-corrected chi connectivity index (χ2v) is 7.86. The Morgan fingerprint density at radius 2 is 1.89 bits per heavy atom. The van der Waals surface area contributed by atoms with E-state index in [1.54, 1.807) is 31.3 Å². The average molecular weight is 400 g/mol. The molecule has 0 unspecified atom stereocenters. The van der Waals surface area contributed by atoms with E-state index >= 15 is 0 Å². The monoisotopic (exact) mass is 400 g/mol. The van der Waals surface area contributed by atoms with Crippen LogP contribution in [0.3, 0.4) is 0 Å². The van der Waals surface area contributed by atoms with E-state index in [-0.39, 0.29) is 17.2 Å². The number of aromatic amines is 1. The van der Waals surface area contributed by atoms with Crippen molar-refractivity contribution in [2.75, 3.05) is 13.7 Å². The molecule has 0 saturated heterocycles. The number of rotatable bonds is 7. The van der Waals surface area contributed by atoms with Crippen LogP contribution in [0.25, 0.3) is 0 Å². The zero-order chi connectivity index (χ0) is 20.1. The number of carbonyl (C=O) groups is 1. The largest absolute Gasteiger partial charge is 0.462 e. The molecule has 2 aromatic heterocycles. The third kappa shape index (κ3) is 3.80. The van der Waals surface area contributed by atoms with Crippen molar-refractivity contribution in [1.29, 1.82) is 0 Å². The average Bonchev–Trinajstić information content (AvgIpc) is 3.21. The predicted molar refractivity (Wildman–Crippen MR) is 102 cm³/mol. The first kappa shape index (κ1) is 19.7. The number of nitrogens with zero attached hydrogens (tertiary/aromatic N) is 3. The van der Waals surface area contributed by atoms with Crippen LogP contribution in [0.4, 0.5) is 0 Å². The van der Waals surface area contributed by atoms with Gasteiger partial charge in [0, 0.05) is 13.2 Å². The van der Waals surface area contributed by atoms with Crippen molar-refractivity contribution in [3.63, 3.8) is 0 Å². The highest BCUT2D eigenvalue weighted by atomic mass is 32.2. The number of ether oxygens (including phenoxy) is 1. The van der Waals surface area contributed by atoms with Crippen LogP contribution < -0.4 is 0 Å². The summed E-state index contributed by atoms with van der Waals surface area (Å²) in [6.45, 7) is 1.77. The maximum absolute atomic E-state index is 13.3. The van der Waals surface area contributed by atoms with Crippen molar-refractivity contribution in [3.05, 3.63) is 77.7 Å². The fraction of sp³-hybridized carbons (Fsp3) is 0.211. The molecule has 0 aliphatic rings. The second-order valence-electron chi connectivity index (χ2n) is 5.92. The van der Waals surface area contributed by atoms with Crippen LogP contribution in [-0.4, -0.2) is 47.5 Å². The number of hydrogen-bond acceptors (Lipinski definition) is 6. The van der Waals surface area contributed by atoms with E-state index < -0.39 is 22.0 Å². The molecule has 0 aliphatic heterocycles. The van der Waals surface area contributed by atoms with Crippen LogP contribution in [0.15, 0.2) is 66.0 Å². The third-order valence-electron chi connectivity index (χ3n) is 4.18. The van der Waals surface area contributed by atoms with Crippen molar-refractivity contribution in [1.82, 2.24) is 19.5 Å². The number of hydrogen-bond donors (Lipinski definition) is 1. The number of sulfonamides is 1. The topological polar surface area (TPSA) is 105 Å². The van der Waals surface area contributed by atoms with Crippen LogP contribution >= 0.6 is 0 Å². The van der Waals surface area contributed by atoms with Gasteiger partial charge in [-0.15, -0.1) is 0 Å². The number of H-pyrrole nitrogens is 1. The van der Waals surface area contributed by atoms with E-state index in [1.807, 2.05) is 30.3 Å². The Balaban J connectivity index is 2.08. The molecule has 0 bridgehead atoms. The zero-order valence-corrected chi connectivity index (χ0v) is 16.3. The van der Waals surface area contributed by atoms with Crippen molar-refractivity contribution < 1.29 is 17.9 Å². The lowest BCUT2D eigenvalue weighted by Gasteiger charge is -2.27. The molecule has 3 aromatic rings. The number of aromatic nitrogens is 3. The summed E-state index contributed by atoms with van der Waals surface area (Å²) in [7, 11) is -2.67. The molecule has 0 aliphatic carbocycles. The van der Waals surface area contributed by atoms with Gasteiger partial charge in [0.25, 0.3) is 10.0 Å². The molecule has 2 heterocycles. The minimum absolute atomic E-state index is 0.125. The standard InChI is InChI=1S/C19H20N4O4S/c1-3-27-19(24)15-13-21-22-18(15)28(25,26)23(2)17(14-9-5-4-6-10-14)16-11-7-8-12-20-16/h4-13,17H,3H2,1-2H3,(H,21,22)/t17-/m0/s1. The van der Waals surface area contributed by atoms with Crippen LogP contribution in [0.1, 0.15) is 34.6 Å². The Labute approximate surface area is 163 Å². The van der Waals surface area contributed by atoms with E-state index in [0.717, 1.165) is 11.8 Å². The highest BCUT2D eigenvalue weighted by Crippen LogP contribution is 2.31. The first-order valence-electron chi connectivity index (χ1n) is 8.61. The van der Waals surface area contributed by atoms with Crippen molar-refractivity contribution in [2.24, 2.45) is 0 Å². The summed E-state index contributed by atoms with van der Waals surface area (Å²) >= 11 is 0. The number of carbonyl (C=O) groups excluding carboxylic acids is 1. The zero-order valence-electron chi connectivity index (χ0n) is 15.4. The summed E-state index contributed by atoms with van der Waals surface area (Å²) in [4.78, 5) is 16.5. The fourth-order valence-corrected chi connectivity index (χ4v) is 4.23. The van der Waals surface area contributed by atoms with Crippen LogP contribution in [0.2, 0.25) is 0 Å². The summed E-state index contributed by atoms with van der Waals surface area (Å²) in [5.74, 6) is -0.752. The lowest BCUT2D eigenvalue weighted by atomic mass is 10.0. The number of esters is 1. The van der Waals surface area contributed by atoms with Gasteiger partial charge in [0.1, 0.15) is 5.56 Å². The molecule has 0 saturated carbocycles. The first-order chi connectivity index (χ1) is 13.5. The Hall–Kier alpha value is -3.04. The fourth-order valence-electron chi connectivity index (χ4n) is 2.85. The van der Waals surface area contributed by atoms with Crippen LogP contribution in [0.5, 0.6) is 0 Å². The minimum atomic E-state index is -4.11. The SMILES string of the molecule is CCOC(=O)c1cn[nH]c1S(=O)(=O)N(C)[C@@H](c1ccccc1)c1ccccn1. The molecule has 28 heavy (non-hydrogen) atoms. The quantitative estimate of drug-likeness (QED) is 0.611. The maximum Gasteiger partial charge on any atom is 0.342 e. The van der Waals surface area contributed by atoms with Gasteiger partial charge < -0.3 is 4.74 Å². The Morgan fingerprint density at radius 1 is 1.18 bits per heavy atom. The highest BCUT2D eigenvalue weighted by Gasteiger charge is 2.35. The van der Waals surface area contributed by atoms with Gasteiger partial charge in [0.05, 0.1) is 24.5 Å². The van der Waals surface area contributed by atoms with E-state index in [1.165, 1.54) is 11.4 Å². The molecular formula is C19H20N4O4S. The Bertz CT molecular complexity index is 997. The van der Waals surface area contributed by atoms with Gasteiger partial charge in [0.2, 0.25) is 0 Å². The first-order valence-corrected chi connectivity index (χ1v) is 10.0. The normalized spacial score (nSPS) is 12.7. The van der Waals surface area contributed by atoms with Gasteiger partial charge in [-0.3, -0.25) is 10.1 Å². The van der Waals surface area contributed by atoms with Crippen LogP contribution in [-0.2, 0) is 14.8 Å². The molecule has 9 heteroatoms. The molecule has 1 atom stereocenters. The molecule has 1 aromatic carbocycles. The third-order valence-corrected chi connectivity index (χ3v) is 5.98. The van der Waals surface area contributed by atoms with Gasteiger partial charge in [-0.25, -0.2) is 13.2 Å². The smallest absolute Gasteiger partial charge is 0.342 e. The second kappa shape index (κ2) is 8.32. The molecule has 0 radical (unpaired) electrons. The van der Waals surface area contributed by atoms with Gasteiger partial charge in [-0.05, 0) is 24.6 Å². The summed E-state index contributed by atoms with van der Waals surface area (Å²) in [6.07, 6.45) is 2.75. The van der Waals surface area contributed by atoms with Crippen LogP contribution in [0, 0.1) is 0 Å². The van der Waals surface area contributed by atoms with Gasteiger partial charge >= 0.3 is 5.97 Å². The van der Waals surface area contributed by atoms with Crippen molar-refractivity contribution in [2.45, 2.75) is 18.0 Å². The van der Waals surface area contributed by atoms with Gasteiger partial charge in [-0.2, -0.15) is 9.40 Å². The predicted octanol–water partition coefficient (Wildman–Crippen LogP) is 2.39. The summed E-state index contributed by atoms with van der Waals surface area (Å²) in [5.41, 5.74) is 1.16. The molecule has 0 fully saturated rings. The molecule has 3 rings (SSSR count). The number of pyridine rings is 1. The number of nitrogens with one attached hydrogen (secondary N) is 1. The van der Waals surface area contributed by atoms with E-state index in [9.17, 15) is 13.2 Å². The number of benzene rings is 1. The lowest BCUT2D eigenvalue weighted by molar-refractivity contribution is 0.0521.